The van der Waals surface area contributed by atoms with Gasteiger partial charge in [-0.1, -0.05) is 65.2 Å². The van der Waals surface area contributed by atoms with Crippen molar-refractivity contribution < 1.29 is 0 Å². The fourth-order valence-corrected chi connectivity index (χ4v) is 7.39. The second-order valence-corrected chi connectivity index (χ2v) is 14.1. The van der Waals surface area contributed by atoms with Crippen molar-refractivity contribution in [1.29, 1.82) is 0 Å². The molecule has 1 heteroatoms. The molecule has 0 aromatic carbocycles. The Morgan fingerprint density at radius 1 is 0.229 bits per heavy atom. The third-order valence-corrected chi connectivity index (χ3v) is 10.2. The summed E-state index contributed by atoms with van der Waals surface area (Å²) in [6.07, 6.45) is 44.6. The maximum atomic E-state index is 2.31. The Bertz CT molecular complexity index is 307. The maximum absolute atomic E-state index is 2.31. The van der Waals surface area contributed by atoms with E-state index in [0.717, 1.165) is 15.0 Å². The first-order chi connectivity index (χ1) is 17.4. The molecule has 0 radical (unpaired) electrons. The third kappa shape index (κ3) is 34.5. The van der Waals surface area contributed by atoms with Gasteiger partial charge in [0.05, 0.1) is 0 Å². The zero-order valence-corrected chi connectivity index (χ0v) is 26.7. The van der Waals surface area contributed by atoms with Crippen LogP contribution in [0.25, 0.3) is 0 Å². The summed E-state index contributed by atoms with van der Waals surface area (Å²) >= 11 is 0.951. The van der Waals surface area contributed by atoms with Gasteiger partial charge < -0.3 is 0 Å². The predicted molar refractivity (Wildman–Crippen MR) is 165 cm³/mol. The van der Waals surface area contributed by atoms with Gasteiger partial charge in [0, 0.05) is 0 Å². The fraction of sp³-hybridized carbons (Fsp3) is 1.00. The molecule has 0 nitrogen and oxygen atoms in total. The van der Waals surface area contributed by atoms with E-state index in [1.165, 1.54) is 193 Å². The average Bonchev–Trinajstić information content (AvgIpc) is 2.87. The number of hydrogen-bond donors (Lipinski definition) is 0. The molecule has 0 N–H and O–H groups in total. The van der Waals surface area contributed by atoms with Gasteiger partial charge in [-0.25, -0.2) is 0 Å². The molecule has 212 valence electrons. The molecule has 0 aliphatic rings. The Balaban J connectivity index is 3.00. The molecule has 35 heavy (non-hydrogen) atoms. The van der Waals surface area contributed by atoms with Crippen molar-refractivity contribution in [1.82, 2.24) is 0 Å². The predicted octanol–water partition coefficient (Wildman–Crippen LogP) is 13.3. The van der Waals surface area contributed by atoms with Crippen LogP contribution in [-0.2, 0) is 0 Å². The summed E-state index contributed by atoms with van der Waals surface area (Å²) in [5, 5.41) is 3.12. The third-order valence-electron chi connectivity index (χ3n) is 7.78. The first kappa shape index (κ1) is 35.5. The van der Waals surface area contributed by atoms with Crippen molar-refractivity contribution in [2.45, 2.75) is 217 Å². The zero-order chi connectivity index (χ0) is 25.3. The van der Waals surface area contributed by atoms with E-state index in [1.807, 2.05) is 0 Å². The average molecular weight is 558 g/mol. The second kappa shape index (κ2) is 34.5. The summed E-state index contributed by atoms with van der Waals surface area (Å²) in [6.45, 7) is 4.62. The van der Waals surface area contributed by atoms with Crippen LogP contribution >= 0.6 is 0 Å². The van der Waals surface area contributed by atoms with E-state index in [0.29, 0.717) is 0 Å². The van der Waals surface area contributed by atoms with Gasteiger partial charge in [-0.15, -0.1) is 0 Å². The molecule has 0 bridgehead atoms. The molecular weight excluding hydrogens is 487 g/mol. The summed E-state index contributed by atoms with van der Waals surface area (Å²) in [6, 6.07) is 0. The SMILES string of the molecule is CCCCCCCCCCCCCCCCC[Se]CCCCCCCCCCCCCCCCC. The van der Waals surface area contributed by atoms with Crippen molar-refractivity contribution in [3.05, 3.63) is 0 Å². The summed E-state index contributed by atoms with van der Waals surface area (Å²) in [7, 11) is 0. The molecule has 0 aromatic heterocycles. The van der Waals surface area contributed by atoms with Crippen molar-refractivity contribution >= 4 is 15.0 Å². The van der Waals surface area contributed by atoms with Crippen molar-refractivity contribution in [2.75, 3.05) is 0 Å². The molecule has 0 saturated carbocycles. The van der Waals surface area contributed by atoms with Crippen LogP contribution in [0.1, 0.15) is 206 Å². The molecular formula is C34H70Se. The van der Waals surface area contributed by atoms with Crippen LogP contribution in [0.2, 0.25) is 10.6 Å². The van der Waals surface area contributed by atoms with Crippen LogP contribution in [0.3, 0.4) is 0 Å². The van der Waals surface area contributed by atoms with E-state index in [9.17, 15) is 0 Å². The van der Waals surface area contributed by atoms with E-state index in [4.69, 9.17) is 0 Å². The van der Waals surface area contributed by atoms with Crippen molar-refractivity contribution in [3.63, 3.8) is 0 Å². The molecule has 0 spiro atoms. The second-order valence-electron chi connectivity index (χ2n) is 11.5. The summed E-state index contributed by atoms with van der Waals surface area (Å²) in [5.74, 6) is 0. The molecule has 0 aliphatic carbocycles. The fourth-order valence-electron chi connectivity index (χ4n) is 5.25. The van der Waals surface area contributed by atoms with E-state index in [-0.39, 0.29) is 0 Å². The van der Waals surface area contributed by atoms with Crippen molar-refractivity contribution in [3.8, 4) is 0 Å². The standard InChI is InChI=1S/C34H70Se/c1-3-5-7-9-11-13-15-17-19-21-23-25-27-29-31-33-35-34-32-30-28-26-24-22-20-18-16-14-12-10-8-6-4-2/h3-34H2,1-2H3. The van der Waals surface area contributed by atoms with Crippen LogP contribution < -0.4 is 0 Å². The van der Waals surface area contributed by atoms with Crippen molar-refractivity contribution in [2.24, 2.45) is 0 Å². The topological polar surface area (TPSA) is 0 Å². The smallest absolute Gasteiger partial charge is 0.0654 e. The van der Waals surface area contributed by atoms with Crippen LogP contribution in [0.15, 0.2) is 0 Å². The summed E-state index contributed by atoms with van der Waals surface area (Å²) in [5.41, 5.74) is 0. The summed E-state index contributed by atoms with van der Waals surface area (Å²) in [4.78, 5) is 0. The van der Waals surface area contributed by atoms with Crippen LogP contribution in [-0.4, -0.2) is 15.0 Å². The molecule has 0 aromatic rings. The first-order valence-corrected chi connectivity index (χ1v) is 19.4. The molecule has 0 aliphatic heterocycles. The van der Waals surface area contributed by atoms with E-state index < -0.39 is 0 Å². The van der Waals surface area contributed by atoms with Crippen LogP contribution in [0, 0.1) is 0 Å². The van der Waals surface area contributed by atoms with Gasteiger partial charge in [-0.3, -0.25) is 0 Å². The van der Waals surface area contributed by atoms with Gasteiger partial charge in [0.15, 0.2) is 0 Å². The van der Waals surface area contributed by atoms with Crippen LogP contribution in [0.4, 0.5) is 0 Å². The molecule has 0 fully saturated rings. The molecule has 0 unspecified atom stereocenters. The van der Waals surface area contributed by atoms with Gasteiger partial charge in [0.1, 0.15) is 0 Å². The summed E-state index contributed by atoms with van der Waals surface area (Å²) < 4.78 is 0. The number of rotatable bonds is 32. The van der Waals surface area contributed by atoms with Gasteiger partial charge in [-0.2, -0.15) is 0 Å². The minimum Gasteiger partial charge on any atom is -0.0654 e. The monoisotopic (exact) mass is 558 g/mol. The quantitative estimate of drug-likeness (QED) is 0.0570. The molecule has 0 saturated heterocycles. The van der Waals surface area contributed by atoms with Gasteiger partial charge in [0.25, 0.3) is 0 Å². The van der Waals surface area contributed by atoms with Crippen LogP contribution in [0.5, 0.6) is 0 Å². The minimum absolute atomic E-state index is 0.951. The Hall–Kier alpha value is 0.519. The zero-order valence-electron chi connectivity index (χ0n) is 25.0. The Morgan fingerprint density at radius 3 is 0.600 bits per heavy atom. The van der Waals surface area contributed by atoms with E-state index in [2.05, 4.69) is 13.8 Å². The number of hydrogen-bond acceptors (Lipinski definition) is 0. The minimum atomic E-state index is 0.951. The normalized spacial score (nSPS) is 11.5. The van der Waals surface area contributed by atoms with Gasteiger partial charge in [0.2, 0.25) is 0 Å². The Kier molecular flexibility index (Phi) is 35.0. The Labute approximate surface area is 231 Å². The van der Waals surface area contributed by atoms with Gasteiger partial charge >= 0.3 is 167 Å². The molecule has 0 rings (SSSR count). The molecule has 0 atom stereocenters. The van der Waals surface area contributed by atoms with E-state index in [1.54, 1.807) is 10.6 Å². The molecule has 0 amide bonds. The van der Waals surface area contributed by atoms with E-state index >= 15 is 0 Å². The Morgan fingerprint density at radius 2 is 0.400 bits per heavy atom. The first-order valence-electron chi connectivity index (χ1n) is 17.0. The van der Waals surface area contributed by atoms with Gasteiger partial charge in [-0.05, 0) is 0 Å². The molecule has 0 heterocycles. The number of unbranched alkanes of at least 4 members (excludes halogenated alkanes) is 28.